The van der Waals surface area contributed by atoms with Gasteiger partial charge in [0.1, 0.15) is 0 Å². The van der Waals surface area contributed by atoms with Gasteiger partial charge < -0.3 is 5.32 Å². The van der Waals surface area contributed by atoms with Crippen molar-refractivity contribution in [2.45, 2.75) is 23.0 Å². The molecule has 1 N–H and O–H groups in total. The zero-order valence-corrected chi connectivity index (χ0v) is 12.1. The summed E-state index contributed by atoms with van der Waals surface area (Å²) in [5.74, 6) is 0.106. The molecular weight excluding hydrogens is 272 g/mol. The molecule has 0 saturated carbocycles. The van der Waals surface area contributed by atoms with E-state index in [0.717, 1.165) is 25.9 Å². The number of hydrogen-bond donors (Lipinski definition) is 1. The van der Waals surface area contributed by atoms with Crippen LogP contribution in [0.15, 0.2) is 41.8 Å². The van der Waals surface area contributed by atoms with Crippen molar-refractivity contribution >= 4 is 9.84 Å². The molecule has 0 amide bonds. The lowest BCUT2D eigenvalue weighted by Crippen LogP contribution is -2.37. The van der Waals surface area contributed by atoms with Crippen molar-refractivity contribution in [1.82, 2.24) is 5.32 Å². The maximum Gasteiger partial charge on any atom is 0.185 e. The molecule has 1 aromatic rings. The van der Waals surface area contributed by atoms with Gasteiger partial charge in [0.05, 0.1) is 21.8 Å². The van der Waals surface area contributed by atoms with Crippen LogP contribution in [0.1, 0.15) is 18.4 Å². The molecule has 0 spiro atoms. The normalized spacial score (nSPS) is 18.1. The zero-order chi connectivity index (χ0) is 14.6. The predicted molar refractivity (Wildman–Crippen MR) is 77.9 cm³/mol. The van der Waals surface area contributed by atoms with Crippen molar-refractivity contribution in [3.63, 3.8) is 0 Å². The molecule has 1 heterocycles. The molecule has 20 heavy (non-hydrogen) atoms. The molecule has 1 unspecified atom stereocenters. The monoisotopic (exact) mass is 290 g/mol. The van der Waals surface area contributed by atoms with Gasteiger partial charge in [0.2, 0.25) is 0 Å². The van der Waals surface area contributed by atoms with Crippen LogP contribution in [0, 0.1) is 17.2 Å². The summed E-state index contributed by atoms with van der Waals surface area (Å²) in [5.41, 5.74) is 0.459. The van der Waals surface area contributed by atoms with Crippen molar-refractivity contribution in [1.29, 1.82) is 5.26 Å². The van der Waals surface area contributed by atoms with Gasteiger partial charge in [-0.1, -0.05) is 6.08 Å². The molecule has 5 heteroatoms. The maximum absolute atomic E-state index is 12.7. The number of hydrogen-bond acceptors (Lipinski definition) is 4. The van der Waals surface area contributed by atoms with Gasteiger partial charge in [0.25, 0.3) is 0 Å². The highest BCUT2D eigenvalue weighted by Crippen LogP contribution is 2.28. The van der Waals surface area contributed by atoms with E-state index in [4.69, 9.17) is 5.26 Å². The van der Waals surface area contributed by atoms with Crippen LogP contribution < -0.4 is 5.32 Å². The first-order valence-corrected chi connectivity index (χ1v) is 8.21. The van der Waals surface area contributed by atoms with Gasteiger partial charge in [0, 0.05) is 0 Å². The summed E-state index contributed by atoms with van der Waals surface area (Å²) in [6, 6.07) is 8.07. The fourth-order valence-electron chi connectivity index (χ4n) is 2.62. The quantitative estimate of drug-likeness (QED) is 0.860. The standard InChI is InChI=1S/C15H18N2O2S/c1-2-15(13-7-9-17-10-8-13)20(18,19)14-5-3-12(11-16)4-6-14/h2-6,13,15,17H,1,7-10H2. The minimum atomic E-state index is -3.43. The van der Waals surface area contributed by atoms with E-state index < -0.39 is 15.1 Å². The van der Waals surface area contributed by atoms with E-state index in [1.54, 1.807) is 6.08 Å². The number of piperidine rings is 1. The molecule has 1 saturated heterocycles. The van der Waals surface area contributed by atoms with Crippen LogP contribution in [-0.2, 0) is 9.84 Å². The first-order chi connectivity index (χ1) is 9.59. The summed E-state index contributed by atoms with van der Waals surface area (Å²) in [4.78, 5) is 0.264. The maximum atomic E-state index is 12.7. The molecule has 1 atom stereocenters. The Morgan fingerprint density at radius 2 is 1.90 bits per heavy atom. The Hall–Kier alpha value is -1.64. The highest BCUT2D eigenvalue weighted by Gasteiger charge is 2.32. The number of sulfone groups is 1. The number of nitriles is 1. The molecule has 4 nitrogen and oxygen atoms in total. The van der Waals surface area contributed by atoms with Gasteiger partial charge >= 0.3 is 0 Å². The molecule has 1 fully saturated rings. The number of rotatable bonds is 4. The van der Waals surface area contributed by atoms with Crippen LogP contribution in [0.3, 0.4) is 0 Å². The molecule has 0 aliphatic carbocycles. The van der Waals surface area contributed by atoms with Crippen LogP contribution >= 0.6 is 0 Å². The van der Waals surface area contributed by atoms with E-state index in [2.05, 4.69) is 11.9 Å². The van der Waals surface area contributed by atoms with E-state index >= 15 is 0 Å². The summed E-state index contributed by atoms with van der Waals surface area (Å²) >= 11 is 0. The van der Waals surface area contributed by atoms with Gasteiger partial charge in [-0.05, 0) is 56.1 Å². The second-order valence-electron chi connectivity index (χ2n) is 4.97. The van der Waals surface area contributed by atoms with Gasteiger partial charge in [-0.2, -0.15) is 5.26 Å². The summed E-state index contributed by atoms with van der Waals surface area (Å²) < 4.78 is 25.4. The Morgan fingerprint density at radius 3 is 2.40 bits per heavy atom. The van der Waals surface area contributed by atoms with Gasteiger partial charge in [-0.25, -0.2) is 8.42 Å². The summed E-state index contributed by atoms with van der Waals surface area (Å²) in [7, 11) is -3.43. The third-order valence-electron chi connectivity index (χ3n) is 3.75. The second-order valence-corrected chi connectivity index (χ2v) is 7.07. The summed E-state index contributed by atoms with van der Waals surface area (Å²) in [6.45, 7) is 5.40. The van der Waals surface area contributed by atoms with E-state index in [-0.39, 0.29) is 10.8 Å². The molecular formula is C15H18N2O2S. The molecule has 2 rings (SSSR count). The van der Waals surface area contributed by atoms with Crippen molar-refractivity contribution in [3.8, 4) is 6.07 Å². The Kier molecular flexibility index (Phi) is 4.58. The molecule has 1 aromatic carbocycles. The summed E-state index contributed by atoms with van der Waals surface area (Å²) in [5, 5.41) is 11.4. The van der Waals surface area contributed by atoms with E-state index in [1.807, 2.05) is 6.07 Å². The number of benzene rings is 1. The predicted octanol–water partition coefficient (Wildman–Crippen LogP) is 1.89. The van der Waals surface area contributed by atoms with Crippen LogP contribution in [0.25, 0.3) is 0 Å². The molecule has 0 bridgehead atoms. The molecule has 106 valence electrons. The topological polar surface area (TPSA) is 70.0 Å². The Balaban J connectivity index is 2.30. The van der Waals surface area contributed by atoms with Gasteiger partial charge in [0.15, 0.2) is 9.84 Å². The molecule has 1 aliphatic rings. The zero-order valence-electron chi connectivity index (χ0n) is 11.2. The Bertz CT molecular complexity index is 608. The first-order valence-electron chi connectivity index (χ1n) is 6.67. The van der Waals surface area contributed by atoms with E-state index in [1.165, 1.54) is 24.3 Å². The Morgan fingerprint density at radius 1 is 1.30 bits per heavy atom. The lowest BCUT2D eigenvalue weighted by Gasteiger charge is -2.28. The largest absolute Gasteiger partial charge is 0.317 e. The molecule has 0 aromatic heterocycles. The smallest absolute Gasteiger partial charge is 0.185 e. The van der Waals surface area contributed by atoms with Crippen LogP contribution in [0.5, 0.6) is 0 Å². The van der Waals surface area contributed by atoms with Crippen LogP contribution in [0.4, 0.5) is 0 Å². The van der Waals surface area contributed by atoms with Crippen molar-refractivity contribution in [2.75, 3.05) is 13.1 Å². The van der Waals surface area contributed by atoms with E-state index in [9.17, 15) is 8.42 Å². The van der Waals surface area contributed by atoms with Crippen LogP contribution in [-0.4, -0.2) is 26.8 Å². The fraction of sp³-hybridized carbons (Fsp3) is 0.400. The molecule has 0 radical (unpaired) electrons. The molecule has 1 aliphatic heterocycles. The second kappa shape index (κ2) is 6.21. The first kappa shape index (κ1) is 14.8. The van der Waals surface area contributed by atoms with Gasteiger partial charge in [-0.15, -0.1) is 6.58 Å². The van der Waals surface area contributed by atoms with Gasteiger partial charge in [-0.3, -0.25) is 0 Å². The minimum absolute atomic E-state index is 0.106. The summed E-state index contributed by atoms with van der Waals surface area (Å²) in [6.07, 6.45) is 3.22. The average molecular weight is 290 g/mol. The van der Waals surface area contributed by atoms with Crippen molar-refractivity contribution in [3.05, 3.63) is 42.5 Å². The SMILES string of the molecule is C=CC(C1CCNCC1)S(=O)(=O)c1ccc(C#N)cc1. The minimum Gasteiger partial charge on any atom is -0.317 e. The van der Waals surface area contributed by atoms with E-state index in [0.29, 0.717) is 5.56 Å². The van der Waals surface area contributed by atoms with Crippen LogP contribution in [0.2, 0.25) is 0 Å². The van der Waals surface area contributed by atoms with Crippen molar-refractivity contribution in [2.24, 2.45) is 5.92 Å². The third-order valence-corrected chi connectivity index (χ3v) is 5.97. The van der Waals surface area contributed by atoms with Crippen molar-refractivity contribution < 1.29 is 8.42 Å². The lowest BCUT2D eigenvalue weighted by atomic mass is 9.94. The fourth-order valence-corrected chi connectivity index (χ4v) is 4.48. The number of nitrogens with zero attached hydrogens (tertiary/aromatic N) is 1. The highest BCUT2D eigenvalue weighted by atomic mass is 32.2. The number of nitrogens with one attached hydrogen (secondary N) is 1. The Labute approximate surface area is 120 Å². The third kappa shape index (κ3) is 2.92. The average Bonchev–Trinajstić information content (AvgIpc) is 2.49. The lowest BCUT2D eigenvalue weighted by molar-refractivity contribution is 0.376. The highest BCUT2D eigenvalue weighted by molar-refractivity contribution is 7.92.